The molecular formula is C15H17N3O3. The summed E-state index contributed by atoms with van der Waals surface area (Å²) in [5.74, 6) is 0.566. The molecule has 1 saturated heterocycles. The number of rotatable bonds is 3. The molecule has 2 aromatic rings. The Kier molecular flexibility index (Phi) is 3.48. The molecule has 0 aliphatic carbocycles. The molecule has 0 aromatic carbocycles. The van der Waals surface area contributed by atoms with Gasteiger partial charge >= 0.3 is 0 Å². The molecule has 1 fully saturated rings. The molecule has 1 amide bonds. The Morgan fingerprint density at radius 3 is 2.67 bits per heavy atom. The minimum absolute atomic E-state index is 0.154. The summed E-state index contributed by atoms with van der Waals surface area (Å²) in [7, 11) is 0. The van der Waals surface area contributed by atoms with Crippen molar-refractivity contribution < 1.29 is 15.0 Å². The monoisotopic (exact) mass is 287 g/mol. The van der Waals surface area contributed by atoms with Gasteiger partial charge in [0.15, 0.2) is 0 Å². The lowest BCUT2D eigenvalue weighted by atomic mass is 10.1. The maximum Gasteiger partial charge on any atom is 0.255 e. The summed E-state index contributed by atoms with van der Waals surface area (Å²) < 4.78 is 1.86. The van der Waals surface area contributed by atoms with E-state index >= 15 is 0 Å². The summed E-state index contributed by atoms with van der Waals surface area (Å²) in [5.41, 5.74) is -0.693. The van der Waals surface area contributed by atoms with Gasteiger partial charge in [-0.25, -0.2) is 4.98 Å². The van der Waals surface area contributed by atoms with E-state index in [4.69, 9.17) is 5.11 Å². The molecule has 2 N–H and O–H groups in total. The Morgan fingerprint density at radius 2 is 2.10 bits per heavy atom. The number of pyridine rings is 1. The van der Waals surface area contributed by atoms with Gasteiger partial charge < -0.3 is 19.7 Å². The number of aliphatic hydroxyl groups is 2. The number of β-amino-alcohol motifs (C(OH)–C–C–N with tert-alkyl or cyclic N) is 1. The highest BCUT2D eigenvalue weighted by Crippen LogP contribution is 2.22. The van der Waals surface area contributed by atoms with Crippen molar-refractivity contribution >= 4 is 5.91 Å². The van der Waals surface area contributed by atoms with E-state index < -0.39 is 5.60 Å². The van der Waals surface area contributed by atoms with Crippen LogP contribution in [0, 0.1) is 0 Å². The molecule has 3 rings (SSSR count). The SMILES string of the molecule is O=C(c1ccc(-n2cccc2)nc1)N1CCC(O)(CO)C1. The summed E-state index contributed by atoms with van der Waals surface area (Å²) in [4.78, 5) is 18.2. The minimum Gasteiger partial charge on any atom is -0.393 e. The van der Waals surface area contributed by atoms with Gasteiger partial charge in [-0.2, -0.15) is 0 Å². The maximum absolute atomic E-state index is 12.3. The average Bonchev–Trinajstić information content (AvgIpc) is 3.17. The predicted octanol–water partition coefficient (Wildman–Crippen LogP) is 0.442. The van der Waals surface area contributed by atoms with Crippen LogP contribution in [0.2, 0.25) is 0 Å². The zero-order chi connectivity index (χ0) is 14.9. The lowest BCUT2D eigenvalue weighted by Gasteiger charge is -2.20. The quantitative estimate of drug-likeness (QED) is 0.858. The number of aliphatic hydroxyl groups excluding tert-OH is 1. The molecule has 2 aromatic heterocycles. The first-order valence-electron chi connectivity index (χ1n) is 6.83. The van der Waals surface area contributed by atoms with Gasteiger partial charge in [0.1, 0.15) is 11.4 Å². The fourth-order valence-electron chi connectivity index (χ4n) is 2.49. The standard InChI is InChI=1S/C15H17N3O3/c19-11-15(21)5-8-18(10-15)14(20)12-3-4-13(16-9-12)17-6-1-2-7-17/h1-4,6-7,9,19,21H,5,8,10-11H2. The minimum atomic E-state index is -1.17. The number of carbonyl (C=O) groups is 1. The molecule has 6 heteroatoms. The smallest absolute Gasteiger partial charge is 0.255 e. The molecule has 21 heavy (non-hydrogen) atoms. The van der Waals surface area contributed by atoms with Crippen molar-refractivity contribution in [2.45, 2.75) is 12.0 Å². The van der Waals surface area contributed by atoms with Crippen molar-refractivity contribution in [3.05, 3.63) is 48.4 Å². The van der Waals surface area contributed by atoms with Crippen molar-refractivity contribution in [1.82, 2.24) is 14.5 Å². The van der Waals surface area contributed by atoms with Crippen LogP contribution in [-0.2, 0) is 0 Å². The van der Waals surface area contributed by atoms with E-state index in [1.54, 1.807) is 17.0 Å². The Bertz CT molecular complexity index is 624. The molecule has 1 atom stereocenters. The first-order chi connectivity index (χ1) is 10.1. The largest absolute Gasteiger partial charge is 0.393 e. The molecule has 1 aliphatic heterocycles. The van der Waals surface area contributed by atoms with Gasteiger partial charge in [0.2, 0.25) is 0 Å². The van der Waals surface area contributed by atoms with Gasteiger partial charge in [0.25, 0.3) is 5.91 Å². The number of nitrogens with zero attached hydrogens (tertiary/aromatic N) is 3. The van der Waals surface area contributed by atoms with Crippen LogP contribution in [0.5, 0.6) is 0 Å². The van der Waals surface area contributed by atoms with E-state index in [1.165, 1.54) is 6.20 Å². The van der Waals surface area contributed by atoms with E-state index in [0.717, 1.165) is 5.82 Å². The zero-order valence-electron chi connectivity index (χ0n) is 11.5. The highest BCUT2D eigenvalue weighted by molar-refractivity contribution is 5.94. The van der Waals surface area contributed by atoms with Gasteiger partial charge in [-0.3, -0.25) is 4.79 Å². The summed E-state index contributed by atoms with van der Waals surface area (Å²) in [6.07, 6.45) is 5.69. The van der Waals surface area contributed by atoms with Crippen LogP contribution in [0.1, 0.15) is 16.8 Å². The normalized spacial score (nSPS) is 21.7. The van der Waals surface area contributed by atoms with E-state index in [2.05, 4.69) is 4.98 Å². The summed E-state index contributed by atoms with van der Waals surface area (Å²) in [6.45, 7) is 0.262. The Hall–Kier alpha value is -2.18. The Labute approximate surface area is 122 Å². The van der Waals surface area contributed by atoms with Gasteiger partial charge in [0, 0.05) is 25.1 Å². The third-order valence-electron chi connectivity index (χ3n) is 3.78. The topological polar surface area (TPSA) is 78.6 Å². The van der Waals surface area contributed by atoms with Crippen LogP contribution >= 0.6 is 0 Å². The molecule has 110 valence electrons. The molecular weight excluding hydrogens is 270 g/mol. The molecule has 6 nitrogen and oxygen atoms in total. The second kappa shape index (κ2) is 5.31. The van der Waals surface area contributed by atoms with E-state index in [9.17, 15) is 9.90 Å². The third-order valence-corrected chi connectivity index (χ3v) is 3.78. The maximum atomic E-state index is 12.3. The Balaban J connectivity index is 1.74. The summed E-state index contributed by atoms with van der Waals surface area (Å²) >= 11 is 0. The van der Waals surface area contributed by atoms with Crippen molar-refractivity contribution in [1.29, 1.82) is 0 Å². The van der Waals surface area contributed by atoms with Crippen LogP contribution in [0.25, 0.3) is 5.82 Å². The summed E-state index contributed by atoms with van der Waals surface area (Å²) in [6, 6.07) is 7.31. The van der Waals surface area contributed by atoms with Crippen molar-refractivity contribution in [3.8, 4) is 5.82 Å². The van der Waals surface area contributed by atoms with Crippen LogP contribution in [0.3, 0.4) is 0 Å². The fraction of sp³-hybridized carbons (Fsp3) is 0.333. The zero-order valence-corrected chi connectivity index (χ0v) is 11.5. The first kappa shape index (κ1) is 13.8. The van der Waals surface area contributed by atoms with Gasteiger partial charge in [-0.15, -0.1) is 0 Å². The first-order valence-corrected chi connectivity index (χ1v) is 6.83. The number of aromatic nitrogens is 2. The highest BCUT2D eigenvalue weighted by atomic mass is 16.3. The Morgan fingerprint density at radius 1 is 1.33 bits per heavy atom. The van der Waals surface area contributed by atoms with Crippen LogP contribution in [-0.4, -0.2) is 55.9 Å². The van der Waals surface area contributed by atoms with Gasteiger partial charge in [0.05, 0.1) is 18.7 Å². The van der Waals surface area contributed by atoms with Gasteiger partial charge in [-0.05, 0) is 30.7 Å². The van der Waals surface area contributed by atoms with E-state index in [0.29, 0.717) is 18.5 Å². The molecule has 0 saturated carbocycles. The van der Waals surface area contributed by atoms with E-state index in [1.807, 2.05) is 29.1 Å². The van der Waals surface area contributed by atoms with E-state index in [-0.39, 0.29) is 19.1 Å². The van der Waals surface area contributed by atoms with Crippen LogP contribution < -0.4 is 0 Å². The van der Waals surface area contributed by atoms with Crippen molar-refractivity contribution in [2.75, 3.05) is 19.7 Å². The number of amides is 1. The molecule has 1 aliphatic rings. The molecule has 0 bridgehead atoms. The summed E-state index contributed by atoms with van der Waals surface area (Å²) in [5, 5.41) is 19.1. The molecule has 0 radical (unpaired) electrons. The number of carbonyl (C=O) groups excluding carboxylic acids is 1. The van der Waals surface area contributed by atoms with Crippen LogP contribution in [0.15, 0.2) is 42.9 Å². The number of hydrogen-bond donors (Lipinski definition) is 2. The molecule has 3 heterocycles. The second-order valence-electron chi connectivity index (χ2n) is 5.35. The number of hydrogen-bond acceptors (Lipinski definition) is 4. The lowest BCUT2D eigenvalue weighted by Crippen LogP contribution is -2.38. The van der Waals surface area contributed by atoms with Gasteiger partial charge in [-0.1, -0.05) is 0 Å². The molecule has 0 spiro atoms. The lowest BCUT2D eigenvalue weighted by molar-refractivity contribution is -0.00455. The average molecular weight is 287 g/mol. The third kappa shape index (κ3) is 2.68. The highest BCUT2D eigenvalue weighted by Gasteiger charge is 2.37. The fourth-order valence-corrected chi connectivity index (χ4v) is 2.49. The number of likely N-dealkylation sites (tertiary alicyclic amines) is 1. The predicted molar refractivity (Wildman–Crippen MR) is 76.1 cm³/mol. The van der Waals surface area contributed by atoms with Crippen LogP contribution in [0.4, 0.5) is 0 Å². The second-order valence-corrected chi connectivity index (χ2v) is 5.35. The van der Waals surface area contributed by atoms with Crippen molar-refractivity contribution in [3.63, 3.8) is 0 Å². The van der Waals surface area contributed by atoms with Crippen molar-refractivity contribution in [2.24, 2.45) is 0 Å². The molecule has 1 unspecified atom stereocenters.